The second kappa shape index (κ2) is 5.57. The molecule has 2 bridgehead atoms. The van der Waals surface area contributed by atoms with Crippen LogP contribution in [-0.4, -0.2) is 36.4 Å². The summed E-state index contributed by atoms with van der Waals surface area (Å²) in [6.45, 7) is 2.30. The van der Waals surface area contributed by atoms with Crippen molar-refractivity contribution in [3.8, 4) is 0 Å². The first-order valence-electron chi connectivity index (χ1n) is 6.46. The van der Waals surface area contributed by atoms with Crippen molar-refractivity contribution < 1.29 is 19.1 Å². The van der Waals surface area contributed by atoms with E-state index >= 15 is 0 Å². The van der Waals surface area contributed by atoms with E-state index in [0.29, 0.717) is 31.7 Å². The average Bonchev–Trinajstić information content (AvgIpc) is 2.78. The number of esters is 1. The van der Waals surface area contributed by atoms with Crippen LogP contribution in [0.25, 0.3) is 0 Å². The van der Waals surface area contributed by atoms with Gasteiger partial charge >= 0.3 is 5.97 Å². The van der Waals surface area contributed by atoms with Gasteiger partial charge in [-0.15, -0.1) is 11.6 Å². The van der Waals surface area contributed by atoms with Gasteiger partial charge in [0.1, 0.15) is 11.7 Å². The lowest BCUT2D eigenvalue weighted by atomic mass is 9.74. The molecule has 2 aliphatic rings. The van der Waals surface area contributed by atoms with E-state index < -0.39 is 11.4 Å². The summed E-state index contributed by atoms with van der Waals surface area (Å²) >= 11 is 5.33. The molecule has 4 nitrogen and oxygen atoms in total. The molecule has 0 spiro atoms. The summed E-state index contributed by atoms with van der Waals surface area (Å²) in [7, 11) is 0. The maximum atomic E-state index is 12.2. The summed E-state index contributed by atoms with van der Waals surface area (Å²) in [5.41, 5.74) is -0.402. The predicted molar refractivity (Wildman–Crippen MR) is 66.5 cm³/mol. The van der Waals surface area contributed by atoms with Crippen LogP contribution in [0.3, 0.4) is 0 Å². The molecule has 2 fully saturated rings. The number of carbonyl (C=O) groups is 2. The van der Waals surface area contributed by atoms with Crippen molar-refractivity contribution in [3.05, 3.63) is 0 Å². The Kier molecular flexibility index (Phi) is 4.28. The van der Waals surface area contributed by atoms with Gasteiger partial charge in [-0.3, -0.25) is 9.59 Å². The monoisotopic (exact) mass is 274 g/mol. The molecule has 0 amide bonds. The molecule has 0 unspecified atom stereocenters. The summed E-state index contributed by atoms with van der Waals surface area (Å²) in [5.74, 6) is -0.234. The average molecular weight is 275 g/mol. The fraction of sp³-hybridized carbons (Fsp3) is 0.846. The zero-order valence-corrected chi connectivity index (χ0v) is 11.4. The summed E-state index contributed by atoms with van der Waals surface area (Å²) < 4.78 is 10.8. The number of carbonyl (C=O) groups excluding carboxylic acids is 2. The molecule has 0 N–H and O–H groups in total. The molecule has 2 rings (SSSR count). The van der Waals surface area contributed by atoms with Crippen LogP contribution in [0, 0.1) is 5.41 Å². The number of hydrogen-bond acceptors (Lipinski definition) is 4. The summed E-state index contributed by atoms with van der Waals surface area (Å²) in [4.78, 5) is 23.0. The van der Waals surface area contributed by atoms with Gasteiger partial charge in [0, 0.05) is 6.42 Å². The van der Waals surface area contributed by atoms with Crippen molar-refractivity contribution in [2.24, 2.45) is 5.41 Å². The minimum atomic E-state index is -0.408. The van der Waals surface area contributed by atoms with Gasteiger partial charge in [0.25, 0.3) is 0 Å². The van der Waals surface area contributed by atoms with E-state index in [1.54, 1.807) is 0 Å². The third-order valence-electron chi connectivity index (χ3n) is 4.08. The van der Waals surface area contributed by atoms with E-state index in [0.717, 1.165) is 12.8 Å². The standard InChI is InChI=1S/C13H19ClO4/c1-13(5-2-6-17-12(16)8-14)10(15)7-9-3-4-11(13)18-9/h9,11H,2-8H2,1H3/t9-,11+,13-/m0/s1. The van der Waals surface area contributed by atoms with Crippen molar-refractivity contribution >= 4 is 23.4 Å². The molecule has 0 saturated carbocycles. The van der Waals surface area contributed by atoms with Gasteiger partial charge < -0.3 is 9.47 Å². The quantitative estimate of drug-likeness (QED) is 0.438. The molecule has 2 aliphatic heterocycles. The lowest BCUT2D eigenvalue weighted by molar-refractivity contribution is -0.151. The highest BCUT2D eigenvalue weighted by Crippen LogP contribution is 2.44. The number of alkyl halides is 1. The number of ketones is 1. The van der Waals surface area contributed by atoms with Gasteiger partial charge in [-0.25, -0.2) is 0 Å². The normalized spacial score (nSPS) is 34.7. The van der Waals surface area contributed by atoms with Crippen LogP contribution in [-0.2, 0) is 19.1 Å². The number of hydrogen-bond donors (Lipinski definition) is 0. The van der Waals surface area contributed by atoms with Crippen molar-refractivity contribution in [1.29, 1.82) is 0 Å². The van der Waals surface area contributed by atoms with Gasteiger partial charge in [0.2, 0.25) is 0 Å². The molecular formula is C13H19ClO4. The first kappa shape index (κ1) is 13.8. The second-order valence-electron chi connectivity index (χ2n) is 5.33. The number of rotatable bonds is 5. The topological polar surface area (TPSA) is 52.6 Å². The molecule has 3 atom stereocenters. The Hall–Kier alpha value is -0.610. The molecule has 102 valence electrons. The van der Waals surface area contributed by atoms with Gasteiger partial charge in [-0.1, -0.05) is 6.92 Å². The zero-order chi connectivity index (χ0) is 13.2. The fourth-order valence-corrected chi connectivity index (χ4v) is 2.99. The summed E-state index contributed by atoms with van der Waals surface area (Å²) in [6, 6.07) is 0. The van der Waals surface area contributed by atoms with E-state index in [1.807, 2.05) is 6.92 Å². The number of Topliss-reactive ketones (excluding diaryl/α,β-unsaturated/α-hetero) is 1. The Morgan fingerprint density at radius 1 is 1.56 bits per heavy atom. The fourth-order valence-electron chi connectivity index (χ4n) is 2.91. The SMILES string of the molecule is C[C@]1(CCCOC(=O)CCl)C(=O)C[C@@H]2CC[C@H]1O2. The first-order valence-corrected chi connectivity index (χ1v) is 7.00. The molecule has 0 aromatic heterocycles. The van der Waals surface area contributed by atoms with Crippen LogP contribution in [0.15, 0.2) is 0 Å². The van der Waals surface area contributed by atoms with E-state index in [1.165, 1.54) is 0 Å². The Balaban J connectivity index is 1.83. The van der Waals surface area contributed by atoms with E-state index in [-0.39, 0.29) is 18.1 Å². The Labute approximate surface area is 112 Å². The molecule has 18 heavy (non-hydrogen) atoms. The first-order chi connectivity index (χ1) is 8.56. The lowest BCUT2D eigenvalue weighted by Crippen LogP contribution is -2.45. The van der Waals surface area contributed by atoms with Crippen LogP contribution in [0.1, 0.15) is 39.0 Å². The molecular weight excluding hydrogens is 256 g/mol. The molecule has 2 saturated heterocycles. The maximum Gasteiger partial charge on any atom is 0.320 e. The van der Waals surface area contributed by atoms with Crippen LogP contribution >= 0.6 is 11.6 Å². The molecule has 2 heterocycles. The van der Waals surface area contributed by atoms with Crippen molar-refractivity contribution in [3.63, 3.8) is 0 Å². The van der Waals surface area contributed by atoms with Crippen molar-refractivity contribution in [1.82, 2.24) is 0 Å². The molecule has 0 aliphatic carbocycles. The highest BCUT2D eigenvalue weighted by atomic mass is 35.5. The number of fused-ring (bicyclic) bond motifs is 2. The molecule has 0 aromatic rings. The van der Waals surface area contributed by atoms with Crippen molar-refractivity contribution in [2.45, 2.75) is 51.2 Å². The van der Waals surface area contributed by atoms with Crippen molar-refractivity contribution in [2.75, 3.05) is 12.5 Å². The highest BCUT2D eigenvalue weighted by molar-refractivity contribution is 6.26. The summed E-state index contributed by atoms with van der Waals surface area (Å²) in [6.07, 6.45) is 4.07. The number of halogens is 1. The van der Waals surface area contributed by atoms with E-state index in [4.69, 9.17) is 21.1 Å². The Bertz CT molecular complexity index is 344. The van der Waals surface area contributed by atoms with E-state index in [2.05, 4.69) is 0 Å². The summed E-state index contributed by atoms with van der Waals surface area (Å²) in [5, 5.41) is 0. The maximum absolute atomic E-state index is 12.2. The largest absolute Gasteiger partial charge is 0.465 e. The minimum absolute atomic E-state index is 0.0486. The number of ether oxygens (including phenoxy) is 2. The minimum Gasteiger partial charge on any atom is -0.465 e. The van der Waals surface area contributed by atoms with E-state index in [9.17, 15) is 9.59 Å². The highest BCUT2D eigenvalue weighted by Gasteiger charge is 2.50. The van der Waals surface area contributed by atoms with Gasteiger partial charge in [-0.2, -0.15) is 0 Å². The Morgan fingerprint density at radius 2 is 2.33 bits per heavy atom. The smallest absolute Gasteiger partial charge is 0.320 e. The predicted octanol–water partition coefficient (Wildman–Crippen LogP) is 2.08. The molecule has 0 radical (unpaired) electrons. The van der Waals surface area contributed by atoms with Crippen LogP contribution in [0.5, 0.6) is 0 Å². The van der Waals surface area contributed by atoms with Crippen LogP contribution < -0.4 is 0 Å². The third-order valence-corrected chi connectivity index (χ3v) is 4.30. The third kappa shape index (κ3) is 2.69. The van der Waals surface area contributed by atoms with Crippen LogP contribution in [0.4, 0.5) is 0 Å². The van der Waals surface area contributed by atoms with Crippen LogP contribution in [0.2, 0.25) is 0 Å². The van der Waals surface area contributed by atoms with Gasteiger partial charge in [0.05, 0.1) is 24.2 Å². The van der Waals surface area contributed by atoms with Gasteiger partial charge in [0.15, 0.2) is 0 Å². The lowest BCUT2D eigenvalue weighted by Gasteiger charge is -2.38. The molecule has 5 heteroatoms. The zero-order valence-electron chi connectivity index (χ0n) is 10.6. The second-order valence-corrected chi connectivity index (χ2v) is 5.59. The van der Waals surface area contributed by atoms with Gasteiger partial charge in [-0.05, 0) is 25.7 Å². The molecule has 0 aromatic carbocycles. The Morgan fingerprint density at radius 3 is 3.06 bits per heavy atom.